The number of fused-ring (bicyclic) bond motifs is 2. The zero-order valence-corrected chi connectivity index (χ0v) is 33.1. The monoisotopic (exact) mass is 779 g/mol. The fourth-order valence-electron chi connectivity index (χ4n) is 6.90. The van der Waals surface area contributed by atoms with Gasteiger partial charge in [0.05, 0.1) is 56.2 Å². The minimum absolute atomic E-state index is 0.0702. The third kappa shape index (κ3) is 8.82. The van der Waals surface area contributed by atoms with Crippen molar-refractivity contribution in [3.8, 4) is 33.6 Å². The fourth-order valence-corrected chi connectivity index (χ4v) is 6.90. The third-order valence-corrected chi connectivity index (χ3v) is 9.76. The van der Waals surface area contributed by atoms with E-state index < -0.39 is 6.09 Å². The van der Waals surface area contributed by atoms with E-state index in [2.05, 4.69) is 53.3 Å². The molecule has 0 bridgehead atoms. The van der Waals surface area contributed by atoms with Crippen LogP contribution in [0.1, 0.15) is 63.2 Å². The second-order valence-electron chi connectivity index (χ2n) is 13.9. The summed E-state index contributed by atoms with van der Waals surface area (Å²) in [5.74, 6) is 0.830. The molecule has 1 aliphatic rings. The van der Waals surface area contributed by atoms with E-state index >= 15 is 0 Å². The molecule has 17 nitrogen and oxygen atoms in total. The van der Waals surface area contributed by atoms with Crippen molar-refractivity contribution in [1.82, 2.24) is 50.3 Å². The average Bonchev–Trinajstić information content (AvgIpc) is 4.05. The lowest BCUT2D eigenvalue weighted by molar-refractivity contribution is -0.131. The topological polar surface area (TPSA) is 207 Å². The first kappa shape index (κ1) is 40.2. The van der Waals surface area contributed by atoms with Crippen LogP contribution >= 0.6 is 0 Å². The normalized spacial score (nSPS) is 13.1. The number of methoxy groups -OCH3 is 1. The number of aliphatic imine (C=N–C) groups is 1. The second-order valence-corrected chi connectivity index (χ2v) is 13.9. The molecule has 1 unspecified atom stereocenters. The maximum absolute atomic E-state index is 13.0. The number of nitrogens with zero attached hydrogens (tertiary/aromatic N) is 7. The Kier molecular flexibility index (Phi) is 12.6. The minimum Gasteiger partial charge on any atom is -0.453 e. The molecule has 5 amide bonds. The SMILES string of the molecule is CCCN(Cc1ncc(-c2ccc(-c3ccc(-c4cnc(CN(CCC)C(=O)CNC(=O)OC)[nH]4)c4ocnc34)c3c2N=CC3CC)[nH]1)C(=O)CNC(=O)N(C)C. The van der Waals surface area contributed by atoms with E-state index in [0.29, 0.717) is 41.5 Å². The lowest BCUT2D eigenvalue weighted by atomic mass is 9.87. The Hall–Kier alpha value is -6.52. The Morgan fingerprint density at radius 1 is 0.789 bits per heavy atom. The van der Waals surface area contributed by atoms with Crippen LogP contribution in [0.2, 0.25) is 0 Å². The van der Waals surface area contributed by atoms with Crippen LogP contribution < -0.4 is 10.6 Å². The number of hydrogen-bond acceptors (Lipinski definition) is 10. The Labute approximate surface area is 330 Å². The fraction of sp³-hybridized carbons (Fsp3) is 0.400. The van der Waals surface area contributed by atoms with Crippen LogP contribution in [0, 0.1) is 0 Å². The molecular formula is C40H49N11O6. The summed E-state index contributed by atoms with van der Waals surface area (Å²) in [7, 11) is 4.50. The first-order chi connectivity index (χ1) is 27.6. The lowest BCUT2D eigenvalue weighted by Gasteiger charge is -2.22. The summed E-state index contributed by atoms with van der Waals surface area (Å²) in [4.78, 5) is 79.6. The van der Waals surface area contributed by atoms with Crippen LogP contribution in [-0.2, 0) is 27.4 Å². The number of imidazole rings is 2. The van der Waals surface area contributed by atoms with Crippen molar-refractivity contribution in [2.45, 2.75) is 59.0 Å². The van der Waals surface area contributed by atoms with Gasteiger partial charge in [0.25, 0.3) is 0 Å². The van der Waals surface area contributed by atoms with Crippen LogP contribution in [-0.4, -0.2) is 117 Å². The number of alkyl carbamates (subject to hydrolysis) is 1. The number of oxazole rings is 1. The smallest absolute Gasteiger partial charge is 0.407 e. The summed E-state index contributed by atoms with van der Waals surface area (Å²) < 4.78 is 10.6. The van der Waals surface area contributed by atoms with E-state index in [1.54, 1.807) is 36.3 Å². The Bertz CT molecular complexity index is 2270. The second kappa shape index (κ2) is 18.0. The first-order valence-electron chi connectivity index (χ1n) is 19.0. The van der Waals surface area contributed by atoms with Crippen molar-refractivity contribution in [1.29, 1.82) is 0 Å². The third-order valence-electron chi connectivity index (χ3n) is 9.76. The van der Waals surface area contributed by atoms with Gasteiger partial charge >= 0.3 is 12.1 Å². The van der Waals surface area contributed by atoms with Crippen molar-refractivity contribution in [3.05, 3.63) is 60.3 Å². The van der Waals surface area contributed by atoms with Gasteiger partial charge in [0.1, 0.15) is 23.7 Å². The summed E-state index contributed by atoms with van der Waals surface area (Å²) in [6, 6.07) is 7.78. The van der Waals surface area contributed by atoms with Crippen LogP contribution in [0.5, 0.6) is 0 Å². The van der Waals surface area contributed by atoms with Crippen molar-refractivity contribution in [2.24, 2.45) is 4.99 Å². The zero-order valence-electron chi connectivity index (χ0n) is 33.1. The number of aromatic amines is 2. The first-order valence-corrected chi connectivity index (χ1v) is 19.0. The highest BCUT2D eigenvalue weighted by atomic mass is 16.5. The molecular weight excluding hydrogens is 731 g/mol. The van der Waals surface area contributed by atoms with Gasteiger partial charge in [-0.2, -0.15) is 0 Å². The van der Waals surface area contributed by atoms with Crippen molar-refractivity contribution >= 4 is 46.9 Å². The van der Waals surface area contributed by atoms with E-state index in [0.717, 1.165) is 58.5 Å². The number of hydrogen-bond donors (Lipinski definition) is 4. The van der Waals surface area contributed by atoms with Gasteiger partial charge in [-0.1, -0.05) is 39.0 Å². The number of nitrogens with one attached hydrogen (secondary N) is 4. The van der Waals surface area contributed by atoms with Crippen LogP contribution in [0.15, 0.2) is 52.5 Å². The molecule has 0 saturated heterocycles. The molecule has 3 aromatic heterocycles. The number of aromatic nitrogens is 5. The summed E-state index contributed by atoms with van der Waals surface area (Å²) >= 11 is 0. The highest BCUT2D eigenvalue weighted by Gasteiger charge is 2.28. The van der Waals surface area contributed by atoms with E-state index in [1.807, 2.05) is 38.3 Å². The molecule has 4 N–H and O–H groups in total. The van der Waals surface area contributed by atoms with Crippen LogP contribution in [0.4, 0.5) is 15.3 Å². The average molecular weight is 780 g/mol. The Morgan fingerprint density at radius 2 is 1.37 bits per heavy atom. The van der Waals surface area contributed by atoms with Gasteiger partial charge in [-0.15, -0.1) is 0 Å². The minimum atomic E-state index is -0.670. The summed E-state index contributed by atoms with van der Waals surface area (Å²) in [6.07, 6.45) is 8.55. The summed E-state index contributed by atoms with van der Waals surface area (Å²) in [5, 5.41) is 5.09. The largest absolute Gasteiger partial charge is 0.453 e. The number of amides is 5. The van der Waals surface area contributed by atoms with Gasteiger partial charge in [0.2, 0.25) is 11.8 Å². The van der Waals surface area contributed by atoms with E-state index in [4.69, 9.17) is 9.41 Å². The maximum Gasteiger partial charge on any atom is 0.407 e. The van der Waals surface area contributed by atoms with Gasteiger partial charge in [-0.3, -0.25) is 14.6 Å². The highest BCUT2D eigenvalue weighted by molar-refractivity contribution is 6.03. The van der Waals surface area contributed by atoms with Gasteiger partial charge in [-0.05, 0) is 36.5 Å². The van der Waals surface area contributed by atoms with Crippen molar-refractivity contribution in [2.75, 3.05) is 47.4 Å². The molecule has 0 radical (unpaired) electrons. The highest BCUT2D eigenvalue weighted by Crippen LogP contribution is 2.48. The molecule has 5 aromatic rings. The number of ether oxygens (including phenoxy) is 1. The maximum atomic E-state index is 13.0. The molecule has 57 heavy (non-hydrogen) atoms. The predicted molar refractivity (Wildman–Crippen MR) is 215 cm³/mol. The molecule has 6 rings (SSSR count). The molecule has 1 atom stereocenters. The number of urea groups is 1. The van der Waals surface area contributed by atoms with E-state index in [9.17, 15) is 19.2 Å². The summed E-state index contributed by atoms with van der Waals surface area (Å²) in [6.45, 7) is 7.32. The van der Waals surface area contributed by atoms with Gasteiger partial charge in [-0.25, -0.2) is 24.5 Å². The Morgan fingerprint density at radius 3 is 1.96 bits per heavy atom. The Balaban J connectivity index is 1.26. The number of benzene rings is 2. The van der Waals surface area contributed by atoms with Crippen molar-refractivity contribution < 1.29 is 28.3 Å². The van der Waals surface area contributed by atoms with Gasteiger partial charge in [0.15, 0.2) is 12.0 Å². The molecule has 17 heteroatoms. The van der Waals surface area contributed by atoms with E-state index in [1.165, 1.54) is 18.4 Å². The number of carbonyl (C=O) groups excluding carboxylic acids is 4. The molecule has 0 saturated carbocycles. The molecule has 4 heterocycles. The lowest BCUT2D eigenvalue weighted by Crippen LogP contribution is -2.43. The van der Waals surface area contributed by atoms with Crippen LogP contribution in [0.25, 0.3) is 44.7 Å². The molecule has 0 fully saturated rings. The molecule has 0 spiro atoms. The van der Waals surface area contributed by atoms with Gasteiger partial charge < -0.3 is 44.5 Å². The molecule has 300 valence electrons. The molecule has 0 aliphatic carbocycles. The number of rotatable bonds is 16. The molecule has 2 aromatic carbocycles. The summed E-state index contributed by atoms with van der Waals surface area (Å²) in [5.41, 5.74) is 8.21. The standard InChI is InChI=1S/C40H49N11O6/c1-7-14-50(33(52)19-44-39(54)49(4)5)21-31-41-17-29(47-31)27-12-10-25(35-24(9-3)16-43-36(27)35)26-11-13-28(38-37(26)46-23-57-38)30-18-42-32(48-30)22-51(15-8-2)34(53)20-45-40(55)56-6/h10-13,16-18,23-24H,7-9,14-15,19-22H2,1-6H3,(H,41,47)(H,42,48)(H,44,54)(H,45,55). The molecule has 1 aliphatic heterocycles. The zero-order chi connectivity index (χ0) is 40.6. The number of carbonyl (C=O) groups is 4. The van der Waals surface area contributed by atoms with Crippen molar-refractivity contribution in [3.63, 3.8) is 0 Å². The van der Waals surface area contributed by atoms with Crippen LogP contribution in [0.3, 0.4) is 0 Å². The number of H-pyrrole nitrogens is 2. The quantitative estimate of drug-likeness (QED) is 0.0984. The van der Waals surface area contributed by atoms with Gasteiger partial charge in [0, 0.05) is 56.0 Å². The predicted octanol–water partition coefficient (Wildman–Crippen LogP) is 5.59. The van der Waals surface area contributed by atoms with E-state index in [-0.39, 0.29) is 49.9 Å².